The molecule has 3 rings (SSSR count). The van der Waals surface area contributed by atoms with Crippen molar-refractivity contribution in [1.29, 1.82) is 0 Å². The maximum absolute atomic E-state index is 12.6. The highest BCUT2D eigenvalue weighted by Gasteiger charge is 2.43. The molecule has 7 nitrogen and oxygen atoms in total. The van der Waals surface area contributed by atoms with Crippen LogP contribution < -0.4 is 5.32 Å². The molecule has 0 radical (unpaired) electrons. The molecule has 2 heterocycles. The number of methoxy groups -OCH3 is 1. The van der Waals surface area contributed by atoms with Gasteiger partial charge in [0.2, 0.25) is 5.91 Å². The van der Waals surface area contributed by atoms with E-state index in [4.69, 9.17) is 4.74 Å². The fraction of sp³-hybridized carbons (Fsp3) is 0.684. The second-order valence-corrected chi connectivity index (χ2v) is 11.1. The van der Waals surface area contributed by atoms with Gasteiger partial charge in [0.05, 0.1) is 13.5 Å². The summed E-state index contributed by atoms with van der Waals surface area (Å²) in [7, 11) is -2.13. The molecule has 1 saturated carbocycles. The van der Waals surface area contributed by atoms with Gasteiger partial charge in [-0.1, -0.05) is 6.92 Å². The molecule has 2 fully saturated rings. The minimum Gasteiger partial charge on any atom is -0.467 e. The van der Waals surface area contributed by atoms with Crippen LogP contribution in [0.4, 0.5) is 0 Å². The first kappa shape index (κ1) is 21.3. The van der Waals surface area contributed by atoms with Crippen LogP contribution in [0.15, 0.2) is 16.3 Å². The third-order valence-electron chi connectivity index (χ3n) is 5.71. The summed E-state index contributed by atoms with van der Waals surface area (Å²) in [6.45, 7) is 3.24. The van der Waals surface area contributed by atoms with E-state index in [0.717, 1.165) is 37.0 Å². The first-order valence-electron chi connectivity index (χ1n) is 9.75. The van der Waals surface area contributed by atoms with Crippen molar-refractivity contribution in [2.75, 3.05) is 20.2 Å². The van der Waals surface area contributed by atoms with Crippen molar-refractivity contribution in [3.63, 3.8) is 0 Å². The van der Waals surface area contributed by atoms with Gasteiger partial charge in [-0.05, 0) is 56.6 Å². The highest BCUT2D eigenvalue weighted by molar-refractivity contribution is 7.91. The molecule has 2 aliphatic rings. The number of rotatable bonds is 6. The van der Waals surface area contributed by atoms with E-state index < -0.39 is 21.5 Å². The minimum absolute atomic E-state index is 0.0501. The first-order chi connectivity index (χ1) is 13.3. The maximum Gasteiger partial charge on any atom is 0.331 e. The van der Waals surface area contributed by atoms with Crippen LogP contribution in [0.1, 0.15) is 50.3 Å². The molecule has 1 amide bonds. The van der Waals surface area contributed by atoms with E-state index in [-0.39, 0.29) is 16.5 Å². The smallest absolute Gasteiger partial charge is 0.331 e. The SMILES string of the molecule is COC(=O)C1(NC(=O)Cc2ccc(S(=O)(=O)N3CCCC3)s2)CCC(C)CC1. The molecule has 0 atom stereocenters. The average molecular weight is 429 g/mol. The molecule has 0 spiro atoms. The van der Waals surface area contributed by atoms with Crippen molar-refractivity contribution in [2.45, 2.75) is 61.6 Å². The second kappa shape index (κ2) is 8.51. The van der Waals surface area contributed by atoms with Gasteiger partial charge in [0.15, 0.2) is 0 Å². The van der Waals surface area contributed by atoms with Crippen LogP contribution in [0, 0.1) is 5.92 Å². The standard InChI is InChI=1S/C19H28N2O5S2/c1-14-7-9-19(10-8-14,18(23)26-2)20-16(22)13-15-5-6-17(27-15)28(24,25)21-11-3-4-12-21/h5-6,14H,3-4,7-13H2,1-2H3,(H,20,22). The number of hydrogen-bond donors (Lipinski definition) is 1. The second-order valence-electron chi connectivity index (χ2n) is 7.81. The number of sulfonamides is 1. The number of esters is 1. The summed E-state index contributed by atoms with van der Waals surface area (Å²) in [5, 5.41) is 2.89. The Kier molecular flexibility index (Phi) is 6.46. The largest absolute Gasteiger partial charge is 0.467 e. The van der Waals surface area contributed by atoms with Crippen molar-refractivity contribution < 1.29 is 22.7 Å². The fourth-order valence-corrected chi connectivity index (χ4v) is 6.97. The molecule has 156 valence electrons. The van der Waals surface area contributed by atoms with E-state index in [1.54, 1.807) is 12.1 Å². The zero-order chi connectivity index (χ0) is 20.4. The molecule has 1 aliphatic carbocycles. The van der Waals surface area contributed by atoms with Crippen LogP contribution in [0.25, 0.3) is 0 Å². The van der Waals surface area contributed by atoms with Crippen molar-refractivity contribution in [3.8, 4) is 0 Å². The van der Waals surface area contributed by atoms with Gasteiger partial charge in [0.1, 0.15) is 9.75 Å². The van der Waals surface area contributed by atoms with E-state index in [9.17, 15) is 18.0 Å². The Balaban J connectivity index is 1.67. The van der Waals surface area contributed by atoms with Gasteiger partial charge < -0.3 is 10.1 Å². The zero-order valence-corrected chi connectivity index (χ0v) is 18.0. The lowest BCUT2D eigenvalue weighted by molar-refractivity contribution is -0.153. The van der Waals surface area contributed by atoms with Crippen molar-refractivity contribution in [2.24, 2.45) is 5.92 Å². The lowest BCUT2D eigenvalue weighted by atomic mass is 9.77. The fourth-order valence-electron chi connectivity index (χ4n) is 3.95. The average Bonchev–Trinajstić information content (AvgIpc) is 3.35. The van der Waals surface area contributed by atoms with Crippen molar-refractivity contribution in [1.82, 2.24) is 9.62 Å². The predicted molar refractivity (Wildman–Crippen MR) is 107 cm³/mol. The summed E-state index contributed by atoms with van der Waals surface area (Å²) in [6.07, 6.45) is 4.65. The Morgan fingerprint density at radius 1 is 1.25 bits per heavy atom. The van der Waals surface area contributed by atoms with Crippen LogP contribution in [0.3, 0.4) is 0 Å². The number of nitrogens with one attached hydrogen (secondary N) is 1. The van der Waals surface area contributed by atoms with E-state index in [1.165, 1.54) is 11.4 Å². The molecule has 1 saturated heterocycles. The lowest BCUT2D eigenvalue weighted by Crippen LogP contribution is -2.57. The van der Waals surface area contributed by atoms with Gasteiger partial charge in [-0.25, -0.2) is 13.2 Å². The number of carbonyl (C=O) groups is 2. The number of amides is 1. The normalized spacial score (nSPS) is 26.1. The Hall–Kier alpha value is -1.45. The van der Waals surface area contributed by atoms with Crippen LogP contribution in [-0.2, 0) is 30.8 Å². The maximum atomic E-state index is 12.6. The molecule has 0 aromatic carbocycles. The molecule has 1 N–H and O–H groups in total. The lowest BCUT2D eigenvalue weighted by Gasteiger charge is -2.37. The number of nitrogens with zero attached hydrogens (tertiary/aromatic N) is 1. The van der Waals surface area contributed by atoms with Gasteiger partial charge in [-0.2, -0.15) is 4.31 Å². The van der Waals surface area contributed by atoms with Crippen LogP contribution in [0.2, 0.25) is 0 Å². The number of ether oxygens (including phenoxy) is 1. The topological polar surface area (TPSA) is 92.8 Å². The Labute approximate surface area is 170 Å². The first-order valence-corrected chi connectivity index (χ1v) is 12.0. The van der Waals surface area contributed by atoms with Crippen LogP contribution in [-0.4, -0.2) is 50.3 Å². The van der Waals surface area contributed by atoms with Gasteiger partial charge in [0, 0.05) is 18.0 Å². The summed E-state index contributed by atoms with van der Waals surface area (Å²) < 4.78 is 32.0. The van der Waals surface area contributed by atoms with Crippen molar-refractivity contribution in [3.05, 3.63) is 17.0 Å². The quantitative estimate of drug-likeness (QED) is 0.702. The van der Waals surface area contributed by atoms with Crippen LogP contribution >= 0.6 is 11.3 Å². The summed E-state index contributed by atoms with van der Waals surface area (Å²) in [5.74, 6) is -0.173. The van der Waals surface area contributed by atoms with E-state index in [1.807, 2.05) is 0 Å². The third kappa shape index (κ3) is 4.41. The molecule has 28 heavy (non-hydrogen) atoms. The van der Waals surface area contributed by atoms with Gasteiger partial charge >= 0.3 is 5.97 Å². The van der Waals surface area contributed by atoms with Gasteiger partial charge in [-0.15, -0.1) is 11.3 Å². The van der Waals surface area contributed by atoms with Crippen molar-refractivity contribution >= 4 is 33.2 Å². The Bertz CT molecular complexity index is 819. The van der Waals surface area contributed by atoms with E-state index in [0.29, 0.717) is 36.7 Å². The predicted octanol–water partition coefficient (Wildman–Crippen LogP) is 2.31. The highest BCUT2D eigenvalue weighted by Crippen LogP contribution is 2.33. The number of hydrogen-bond acceptors (Lipinski definition) is 6. The number of thiophene rings is 1. The minimum atomic E-state index is -3.47. The molecule has 0 bridgehead atoms. The number of carbonyl (C=O) groups excluding carboxylic acids is 2. The molecular formula is C19H28N2O5S2. The molecule has 1 aliphatic heterocycles. The van der Waals surface area contributed by atoms with Crippen LogP contribution in [0.5, 0.6) is 0 Å². The molecule has 1 aromatic heterocycles. The highest BCUT2D eigenvalue weighted by atomic mass is 32.2. The summed E-state index contributed by atoms with van der Waals surface area (Å²) in [6, 6.07) is 3.25. The molecule has 9 heteroatoms. The summed E-state index contributed by atoms with van der Waals surface area (Å²) in [4.78, 5) is 25.6. The zero-order valence-electron chi connectivity index (χ0n) is 16.4. The Morgan fingerprint density at radius 2 is 1.89 bits per heavy atom. The van der Waals surface area contributed by atoms with Gasteiger partial charge in [0.25, 0.3) is 10.0 Å². The van der Waals surface area contributed by atoms with E-state index >= 15 is 0 Å². The monoisotopic (exact) mass is 428 g/mol. The summed E-state index contributed by atoms with van der Waals surface area (Å²) >= 11 is 1.12. The summed E-state index contributed by atoms with van der Waals surface area (Å²) in [5.41, 5.74) is -0.972. The van der Waals surface area contributed by atoms with Gasteiger partial charge in [-0.3, -0.25) is 4.79 Å². The Morgan fingerprint density at radius 3 is 2.50 bits per heavy atom. The van der Waals surface area contributed by atoms with E-state index in [2.05, 4.69) is 12.2 Å². The molecule has 1 aromatic rings. The molecular weight excluding hydrogens is 400 g/mol. The molecule has 0 unspecified atom stereocenters. The third-order valence-corrected chi connectivity index (χ3v) is 9.16.